The van der Waals surface area contributed by atoms with Crippen LogP contribution in [-0.4, -0.2) is 34.7 Å². The molecule has 0 spiro atoms. The molecule has 3 N–H and O–H groups in total. The molecule has 0 amide bonds. The van der Waals surface area contributed by atoms with Crippen LogP contribution in [-0.2, 0) is 4.94 Å². The van der Waals surface area contributed by atoms with Gasteiger partial charge < -0.3 is 5.73 Å². The van der Waals surface area contributed by atoms with E-state index in [1.54, 1.807) is 0 Å². The third kappa shape index (κ3) is 9.43. The van der Waals surface area contributed by atoms with Crippen LogP contribution < -0.4 is 11.2 Å². The van der Waals surface area contributed by atoms with E-state index < -0.39 is 0 Å². The first-order valence-corrected chi connectivity index (χ1v) is 1.72. The van der Waals surface area contributed by atoms with Gasteiger partial charge in [-0.05, 0) is 12.2 Å². The maximum absolute atomic E-state index is 9.06. The maximum atomic E-state index is 9.06. The summed E-state index contributed by atoms with van der Waals surface area (Å²) in [7, 11) is 0. The quantitative estimate of drug-likeness (QED) is 0.220. The Hall–Kier alpha value is 0.0900. The molecule has 0 aliphatic rings. The van der Waals surface area contributed by atoms with Gasteiger partial charge in [-0.3, -0.25) is 0 Å². The third-order valence-electron chi connectivity index (χ3n) is 0.184. The van der Waals surface area contributed by atoms with Crippen molar-refractivity contribution in [2.75, 3.05) is 0 Å². The van der Waals surface area contributed by atoms with Crippen molar-refractivity contribution in [2.45, 2.75) is 0 Å². The zero-order chi connectivity index (χ0) is 5.70. The number of nitrogens with one attached hydrogen (secondary N) is 1. The Bertz CT molecular complexity index is 87.4. The average molecular weight is 145 g/mol. The molecular formula is CH4N3NaO2S. The Balaban J connectivity index is 0. The summed E-state index contributed by atoms with van der Waals surface area (Å²) in [6.45, 7) is 0. The monoisotopic (exact) mass is 145 g/mol. The van der Waals surface area contributed by atoms with Crippen molar-refractivity contribution < 1.29 is 4.94 Å². The number of hydrogen-bond donors (Lipinski definition) is 2. The van der Waals surface area contributed by atoms with Gasteiger partial charge in [0, 0.05) is 0 Å². The van der Waals surface area contributed by atoms with Gasteiger partial charge in [-0.15, -0.1) is 4.91 Å². The molecule has 0 unspecified atom stereocenters. The molecule has 0 aromatic carbocycles. The molecule has 0 rings (SSSR count). The molecule has 0 atom stereocenters. The molecule has 0 saturated heterocycles. The van der Waals surface area contributed by atoms with Crippen molar-refractivity contribution in [1.82, 2.24) is 5.48 Å². The molecular weight excluding hydrogens is 141 g/mol. The molecule has 0 aliphatic carbocycles. The first kappa shape index (κ1) is 11.0. The number of rotatable bonds is 2. The molecule has 0 aromatic rings. The topological polar surface area (TPSA) is 76.7 Å². The van der Waals surface area contributed by atoms with Crippen LogP contribution >= 0.6 is 12.2 Å². The number of nitrogens with two attached hydrogens (primary N) is 1. The van der Waals surface area contributed by atoms with Gasteiger partial charge in [-0.1, -0.05) is 0 Å². The fraction of sp³-hybridized carbons (Fsp3) is 0. The summed E-state index contributed by atoms with van der Waals surface area (Å²) >= 11 is 4.20. The minimum absolute atomic E-state index is 0. The third-order valence-corrected chi connectivity index (χ3v) is 0.267. The van der Waals surface area contributed by atoms with Crippen LogP contribution in [0.25, 0.3) is 0 Å². The summed E-state index contributed by atoms with van der Waals surface area (Å²) in [6.07, 6.45) is 0. The van der Waals surface area contributed by atoms with Crippen LogP contribution in [0.15, 0.2) is 5.34 Å². The van der Waals surface area contributed by atoms with E-state index in [2.05, 4.69) is 17.2 Å². The second-order valence-electron chi connectivity index (χ2n) is 0.632. The SMILES string of the molecule is NC(=S)NON=O.[NaH]. The number of thiocarbonyl (C=S) groups is 1. The first-order valence-electron chi connectivity index (χ1n) is 1.31. The number of hydrogen-bond acceptors (Lipinski definition) is 4. The van der Waals surface area contributed by atoms with Gasteiger partial charge in [-0.2, -0.15) is 5.48 Å². The molecule has 8 heavy (non-hydrogen) atoms. The minimum atomic E-state index is -0.125. The molecule has 0 fully saturated rings. The zero-order valence-corrected chi connectivity index (χ0v) is 4.07. The van der Waals surface area contributed by atoms with E-state index in [0.29, 0.717) is 0 Å². The first-order chi connectivity index (χ1) is 3.27. The Labute approximate surface area is 73.1 Å². The van der Waals surface area contributed by atoms with Crippen molar-refractivity contribution in [3.05, 3.63) is 4.91 Å². The summed E-state index contributed by atoms with van der Waals surface area (Å²) in [5.74, 6) is 0. The Kier molecular flexibility index (Phi) is 9.72. The average Bonchev–Trinajstić information content (AvgIpc) is 1.61. The Morgan fingerprint density at radius 2 is 2.38 bits per heavy atom. The summed E-state index contributed by atoms with van der Waals surface area (Å²) in [5.41, 5.74) is 6.60. The predicted octanol–water partition coefficient (Wildman–Crippen LogP) is -1.22. The van der Waals surface area contributed by atoms with E-state index in [1.165, 1.54) is 0 Å². The van der Waals surface area contributed by atoms with Crippen molar-refractivity contribution in [3.63, 3.8) is 0 Å². The molecule has 0 radical (unpaired) electrons. The van der Waals surface area contributed by atoms with Gasteiger partial charge in [0.25, 0.3) is 0 Å². The Morgan fingerprint density at radius 3 is 2.50 bits per heavy atom. The van der Waals surface area contributed by atoms with Crippen molar-refractivity contribution in [3.8, 4) is 0 Å². The number of hydroxylamine groups is 1. The van der Waals surface area contributed by atoms with Gasteiger partial charge in [0.2, 0.25) is 0 Å². The van der Waals surface area contributed by atoms with Crippen LogP contribution in [0.2, 0.25) is 0 Å². The van der Waals surface area contributed by atoms with E-state index >= 15 is 0 Å². The molecule has 0 bridgehead atoms. The van der Waals surface area contributed by atoms with Crippen molar-refractivity contribution in [2.24, 2.45) is 11.1 Å². The molecule has 5 nitrogen and oxygen atoms in total. The van der Waals surface area contributed by atoms with E-state index in [9.17, 15) is 0 Å². The molecule has 0 aromatic heterocycles. The van der Waals surface area contributed by atoms with E-state index in [4.69, 9.17) is 10.6 Å². The van der Waals surface area contributed by atoms with Crippen LogP contribution in [0.1, 0.15) is 0 Å². The summed E-state index contributed by atoms with van der Waals surface area (Å²) in [5, 5.41) is 1.82. The van der Waals surface area contributed by atoms with E-state index in [-0.39, 0.29) is 34.7 Å². The summed E-state index contributed by atoms with van der Waals surface area (Å²) in [4.78, 5) is 12.7. The molecule has 0 heterocycles. The van der Waals surface area contributed by atoms with Crippen LogP contribution in [0.5, 0.6) is 0 Å². The molecule has 0 aliphatic heterocycles. The summed E-state index contributed by atoms with van der Waals surface area (Å²) in [6, 6.07) is 0. The normalized spacial score (nSPS) is 6.00. The van der Waals surface area contributed by atoms with E-state index in [1.807, 2.05) is 10.8 Å². The van der Waals surface area contributed by atoms with Gasteiger partial charge in [0.15, 0.2) is 10.5 Å². The number of nitrogens with zero attached hydrogens (tertiary/aromatic N) is 1. The van der Waals surface area contributed by atoms with Crippen molar-refractivity contribution in [1.29, 1.82) is 0 Å². The summed E-state index contributed by atoms with van der Waals surface area (Å²) < 4.78 is 0. The molecule has 42 valence electrons. The van der Waals surface area contributed by atoms with Gasteiger partial charge >= 0.3 is 29.6 Å². The van der Waals surface area contributed by atoms with Crippen LogP contribution in [0.3, 0.4) is 0 Å². The Morgan fingerprint density at radius 1 is 1.88 bits per heavy atom. The van der Waals surface area contributed by atoms with Gasteiger partial charge in [0.1, 0.15) is 0 Å². The standard InChI is InChI=1S/CH3N3O2S.Na.H/c2-1(7)3-6-4-5;;/h(H3,2,3,7);;. The second-order valence-corrected chi connectivity index (χ2v) is 1.07. The van der Waals surface area contributed by atoms with Crippen LogP contribution in [0.4, 0.5) is 0 Å². The van der Waals surface area contributed by atoms with E-state index in [0.717, 1.165) is 0 Å². The zero-order valence-electron chi connectivity index (χ0n) is 3.25. The second kappa shape index (κ2) is 7.09. The van der Waals surface area contributed by atoms with Crippen molar-refractivity contribution >= 4 is 46.9 Å². The fourth-order valence-electron chi connectivity index (χ4n) is 0.0636. The fourth-order valence-corrected chi connectivity index (χ4v) is 0.101. The molecule has 0 saturated carbocycles. The van der Waals surface area contributed by atoms with Gasteiger partial charge in [-0.25, -0.2) is 4.94 Å². The van der Waals surface area contributed by atoms with Crippen LogP contribution in [0, 0.1) is 4.91 Å². The predicted molar refractivity (Wildman–Crippen MR) is 34.0 cm³/mol. The molecule has 7 heteroatoms. The van der Waals surface area contributed by atoms with Gasteiger partial charge in [0.05, 0.1) is 0 Å².